The summed E-state index contributed by atoms with van der Waals surface area (Å²) in [4.78, 5) is 0. The number of hydrogen-bond acceptors (Lipinski definition) is 4. The summed E-state index contributed by atoms with van der Waals surface area (Å²) >= 11 is 0. The quantitative estimate of drug-likeness (QED) is 0.736. The summed E-state index contributed by atoms with van der Waals surface area (Å²) in [5, 5.41) is 13.1. The number of rotatable bonds is 9. The van der Waals surface area contributed by atoms with Gasteiger partial charge in [0.1, 0.15) is 24.3 Å². The van der Waals surface area contributed by atoms with Crippen LogP contribution in [0.25, 0.3) is 0 Å². The largest absolute Gasteiger partial charge is 0.490 e. The molecule has 0 aromatic heterocycles. The maximum Gasteiger partial charge on any atom is 0.127 e. The topological polar surface area (TPSA) is 50.7 Å². The minimum Gasteiger partial charge on any atom is -0.490 e. The third kappa shape index (κ3) is 6.42. The van der Waals surface area contributed by atoms with E-state index in [1.807, 2.05) is 27.7 Å². The van der Waals surface area contributed by atoms with Gasteiger partial charge in [0.05, 0.1) is 12.7 Å². The Morgan fingerprint density at radius 1 is 1.24 bits per heavy atom. The number of aliphatic hydroxyl groups is 1. The van der Waals surface area contributed by atoms with Crippen LogP contribution in [0.15, 0.2) is 18.2 Å². The Bertz CT molecular complexity index is 426. The second-order valence-electron chi connectivity index (χ2n) is 5.31. The average molecular weight is 299 g/mol. The van der Waals surface area contributed by atoms with Crippen molar-refractivity contribution >= 4 is 0 Å². The molecule has 120 valence electrons. The molecule has 0 fully saturated rings. The van der Waals surface area contributed by atoms with Crippen molar-refractivity contribution in [1.29, 1.82) is 0 Å². The van der Waals surface area contributed by atoms with Gasteiger partial charge in [-0.05, 0) is 33.4 Å². The minimum absolute atomic E-state index is 0.0506. The van der Waals surface area contributed by atoms with Gasteiger partial charge in [-0.15, -0.1) is 0 Å². The zero-order valence-electron chi connectivity index (χ0n) is 13.2. The van der Waals surface area contributed by atoms with Gasteiger partial charge in [-0.2, -0.15) is 0 Å². The van der Waals surface area contributed by atoms with Crippen molar-refractivity contribution in [1.82, 2.24) is 5.32 Å². The first-order valence-corrected chi connectivity index (χ1v) is 7.39. The second-order valence-corrected chi connectivity index (χ2v) is 5.31. The van der Waals surface area contributed by atoms with Gasteiger partial charge in [0.2, 0.25) is 0 Å². The van der Waals surface area contributed by atoms with E-state index in [1.165, 1.54) is 12.1 Å². The van der Waals surface area contributed by atoms with Gasteiger partial charge in [0, 0.05) is 17.7 Å². The molecule has 0 saturated heterocycles. The molecule has 21 heavy (non-hydrogen) atoms. The molecule has 0 aliphatic heterocycles. The summed E-state index contributed by atoms with van der Waals surface area (Å²) in [6, 6.07) is 4.51. The van der Waals surface area contributed by atoms with E-state index in [-0.39, 0.29) is 31.2 Å². The predicted octanol–water partition coefficient (Wildman–Crippen LogP) is 2.66. The molecule has 1 rings (SSSR count). The lowest BCUT2D eigenvalue weighted by atomic mass is 10.1. The van der Waals surface area contributed by atoms with Crippen LogP contribution in [0.1, 0.15) is 39.3 Å². The van der Waals surface area contributed by atoms with Crippen LogP contribution in [0.5, 0.6) is 5.75 Å². The van der Waals surface area contributed by atoms with Crippen LogP contribution < -0.4 is 10.1 Å². The summed E-state index contributed by atoms with van der Waals surface area (Å²) in [6.07, 6.45) is -0.684. The molecule has 2 N–H and O–H groups in total. The summed E-state index contributed by atoms with van der Waals surface area (Å²) in [5.74, 6) is 0.0948. The molecule has 0 radical (unpaired) electrons. The van der Waals surface area contributed by atoms with Crippen molar-refractivity contribution in [2.45, 2.75) is 45.9 Å². The summed E-state index contributed by atoms with van der Waals surface area (Å²) in [7, 11) is 0. The highest BCUT2D eigenvalue weighted by molar-refractivity contribution is 5.36. The van der Waals surface area contributed by atoms with Crippen molar-refractivity contribution in [3.8, 4) is 5.75 Å². The van der Waals surface area contributed by atoms with E-state index in [2.05, 4.69) is 5.32 Å². The Hall–Kier alpha value is -1.17. The zero-order valence-corrected chi connectivity index (χ0v) is 13.2. The maximum absolute atomic E-state index is 13.4. The number of hydrogen-bond donors (Lipinski definition) is 2. The van der Waals surface area contributed by atoms with Crippen LogP contribution in [-0.2, 0) is 4.74 Å². The fourth-order valence-electron chi connectivity index (χ4n) is 1.94. The third-order valence-electron chi connectivity index (χ3n) is 3.01. The molecule has 5 heteroatoms. The number of benzene rings is 1. The fraction of sp³-hybridized carbons (Fsp3) is 0.625. The minimum atomic E-state index is -0.738. The highest BCUT2D eigenvalue weighted by atomic mass is 19.1. The Labute approximate surface area is 126 Å². The first kappa shape index (κ1) is 17.9. The molecule has 0 bridgehead atoms. The molecule has 0 aliphatic rings. The SMILES string of the molecule is CCNC(C)c1ccc(F)cc1OCC(O)COC(C)C. The van der Waals surface area contributed by atoms with Crippen LogP contribution in [0.3, 0.4) is 0 Å². The number of nitrogens with one attached hydrogen (secondary N) is 1. The standard InChI is InChI=1S/C16H26FNO3/c1-5-18-12(4)15-7-6-13(17)8-16(15)21-10-14(19)9-20-11(2)3/h6-8,11-12,14,18-19H,5,9-10H2,1-4H3. The van der Waals surface area contributed by atoms with Crippen molar-refractivity contribution in [3.05, 3.63) is 29.6 Å². The van der Waals surface area contributed by atoms with Crippen molar-refractivity contribution < 1.29 is 19.0 Å². The van der Waals surface area contributed by atoms with Crippen molar-refractivity contribution in [2.75, 3.05) is 19.8 Å². The van der Waals surface area contributed by atoms with E-state index >= 15 is 0 Å². The Morgan fingerprint density at radius 2 is 1.95 bits per heavy atom. The number of halogens is 1. The molecular weight excluding hydrogens is 273 g/mol. The van der Waals surface area contributed by atoms with Gasteiger partial charge in [0.15, 0.2) is 0 Å². The van der Waals surface area contributed by atoms with Crippen LogP contribution in [-0.4, -0.2) is 37.1 Å². The van der Waals surface area contributed by atoms with Crippen LogP contribution >= 0.6 is 0 Å². The lowest BCUT2D eigenvalue weighted by molar-refractivity contribution is -0.0125. The van der Waals surface area contributed by atoms with Gasteiger partial charge < -0.3 is 19.9 Å². The molecule has 0 amide bonds. The molecule has 2 atom stereocenters. The molecule has 4 nitrogen and oxygen atoms in total. The van der Waals surface area contributed by atoms with Crippen molar-refractivity contribution in [3.63, 3.8) is 0 Å². The van der Waals surface area contributed by atoms with Gasteiger partial charge >= 0.3 is 0 Å². The molecule has 0 saturated carbocycles. The Kier molecular flexibility index (Phi) is 7.64. The fourth-order valence-corrected chi connectivity index (χ4v) is 1.94. The molecule has 0 spiro atoms. The van der Waals surface area contributed by atoms with Gasteiger partial charge in [-0.1, -0.05) is 13.0 Å². The van der Waals surface area contributed by atoms with Crippen LogP contribution in [0.2, 0.25) is 0 Å². The van der Waals surface area contributed by atoms with Gasteiger partial charge in [0.25, 0.3) is 0 Å². The first-order valence-electron chi connectivity index (χ1n) is 7.39. The van der Waals surface area contributed by atoms with E-state index in [0.717, 1.165) is 12.1 Å². The highest BCUT2D eigenvalue weighted by Gasteiger charge is 2.14. The summed E-state index contributed by atoms with van der Waals surface area (Å²) in [6.45, 7) is 8.87. The predicted molar refractivity (Wildman–Crippen MR) is 81.1 cm³/mol. The zero-order chi connectivity index (χ0) is 15.8. The second kappa shape index (κ2) is 8.97. The van der Waals surface area contributed by atoms with Crippen LogP contribution in [0, 0.1) is 5.82 Å². The molecule has 0 aliphatic carbocycles. The first-order chi connectivity index (χ1) is 9.93. The molecule has 1 aromatic carbocycles. The number of aliphatic hydroxyl groups excluding tert-OH is 1. The van der Waals surface area contributed by atoms with Gasteiger partial charge in [-0.25, -0.2) is 4.39 Å². The van der Waals surface area contributed by atoms with E-state index in [1.54, 1.807) is 6.07 Å². The highest BCUT2D eigenvalue weighted by Crippen LogP contribution is 2.26. The number of ether oxygens (including phenoxy) is 2. The van der Waals surface area contributed by atoms with E-state index in [9.17, 15) is 9.50 Å². The van der Waals surface area contributed by atoms with Crippen molar-refractivity contribution in [2.24, 2.45) is 0 Å². The summed E-state index contributed by atoms with van der Waals surface area (Å²) < 4.78 is 24.3. The molecule has 2 unspecified atom stereocenters. The maximum atomic E-state index is 13.4. The lowest BCUT2D eigenvalue weighted by Gasteiger charge is -2.19. The van der Waals surface area contributed by atoms with Crippen LogP contribution in [0.4, 0.5) is 4.39 Å². The summed E-state index contributed by atoms with van der Waals surface area (Å²) in [5.41, 5.74) is 0.871. The van der Waals surface area contributed by atoms with Gasteiger partial charge in [-0.3, -0.25) is 0 Å². The monoisotopic (exact) mass is 299 g/mol. The van der Waals surface area contributed by atoms with E-state index < -0.39 is 6.10 Å². The Morgan fingerprint density at radius 3 is 2.57 bits per heavy atom. The lowest BCUT2D eigenvalue weighted by Crippen LogP contribution is -2.26. The molecule has 0 heterocycles. The van der Waals surface area contributed by atoms with E-state index in [4.69, 9.17) is 9.47 Å². The third-order valence-corrected chi connectivity index (χ3v) is 3.01. The normalized spacial score (nSPS) is 14.2. The average Bonchev–Trinajstić information content (AvgIpc) is 2.43. The molecular formula is C16H26FNO3. The molecule has 1 aromatic rings. The smallest absolute Gasteiger partial charge is 0.127 e. The van der Waals surface area contributed by atoms with E-state index in [0.29, 0.717) is 5.75 Å². The Balaban J connectivity index is 2.66.